The van der Waals surface area contributed by atoms with E-state index in [9.17, 15) is 18.8 Å². The lowest BCUT2D eigenvalue weighted by Crippen LogP contribution is -2.30. The third-order valence-electron chi connectivity index (χ3n) is 3.44. The smallest absolute Gasteiger partial charge is 0.307 e. The van der Waals surface area contributed by atoms with Gasteiger partial charge < -0.3 is 10.1 Å². The Kier molecular flexibility index (Phi) is 6.39. The number of para-hydroxylation sites is 1. The van der Waals surface area contributed by atoms with Crippen molar-refractivity contribution in [1.82, 2.24) is 0 Å². The van der Waals surface area contributed by atoms with E-state index in [4.69, 9.17) is 4.74 Å². The lowest BCUT2D eigenvalue weighted by Gasteiger charge is -2.13. The van der Waals surface area contributed by atoms with Crippen LogP contribution in [0.3, 0.4) is 0 Å². The second-order valence-electron chi connectivity index (χ2n) is 5.42. The van der Waals surface area contributed by atoms with E-state index in [0.717, 1.165) is 0 Å². The molecule has 0 fully saturated rings. The number of benzene rings is 2. The molecule has 0 bridgehead atoms. The number of ketones is 1. The molecule has 0 heterocycles. The average molecular weight is 343 g/mol. The predicted octanol–water partition coefficient (Wildman–Crippen LogP) is 3.36. The highest BCUT2D eigenvalue weighted by Gasteiger charge is 2.18. The summed E-state index contributed by atoms with van der Waals surface area (Å²) in [5, 5.41) is 2.62. The molecule has 1 N–H and O–H groups in total. The first kappa shape index (κ1) is 18.3. The molecule has 0 aromatic heterocycles. The van der Waals surface area contributed by atoms with E-state index in [1.807, 2.05) is 6.07 Å². The van der Waals surface area contributed by atoms with Gasteiger partial charge in [-0.1, -0.05) is 18.2 Å². The van der Waals surface area contributed by atoms with E-state index >= 15 is 0 Å². The van der Waals surface area contributed by atoms with Crippen molar-refractivity contribution in [3.63, 3.8) is 0 Å². The number of hydrogen-bond donors (Lipinski definition) is 1. The molecule has 0 spiro atoms. The summed E-state index contributed by atoms with van der Waals surface area (Å²) in [5.41, 5.74) is 0.922. The van der Waals surface area contributed by atoms with Crippen LogP contribution in [-0.2, 0) is 14.3 Å². The summed E-state index contributed by atoms with van der Waals surface area (Å²) >= 11 is 0. The van der Waals surface area contributed by atoms with Crippen LogP contribution in [0.1, 0.15) is 30.1 Å². The number of amides is 1. The van der Waals surface area contributed by atoms with Crippen LogP contribution >= 0.6 is 0 Å². The van der Waals surface area contributed by atoms with Gasteiger partial charge in [0.25, 0.3) is 5.91 Å². The van der Waals surface area contributed by atoms with Crippen LogP contribution in [0.15, 0.2) is 54.6 Å². The van der Waals surface area contributed by atoms with E-state index in [1.165, 1.54) is 31.2 Å². The number of esters is 1. The first-order chi connectivity index (χ1) is 12.0. The second kappa shape index (κ2) is 8.73. The van der Waals surface area contributed by atoms with E-state index in [2.05, 4.69) is 5.32 Å². The molecule has 2 aromatic carbocycles. The molecule has 0 aliphatic carbocycles. The molecule has 0 saturated heterocycles. The Bertz CT molecular complexity index is 744. The van der Waals surface area contributed by atoms with Crippen molar-refractivity contribution in [2.24, 2.45) is 0 Å². The standard InChI is InChI=1S/C19H18FNO4/c1-13(19(24)21-16-5-3-2-4-6-16)25-18(23)12-11-17(22)14-7-9-15(20)10-8-14/h2-10,13H,11-12H2,1H3,(H,21,24)/t13-/m0/s1. The summed E-state index contributed by atoms with van der Waals surface area (Å²) in [6.45, 7) is 1.46. The van der Waals surface area contributed by atoms with Gasteiger partial charge >= 0.3 is 5.97 Å². The van der Waals surface area contributed by atoms with Gasteiger partial charge in [0, 0.05) is 17.7 Å². The van der Waals surface area contributed by atoms with Crippen LogP contribution in [0.25, 0.3) is 0 Å². The van der Waals surface area contributed by atoms with Gasteiger partial charge in [-0.05, 0) is 43.3 Å². The van der Waals surface area contributed by atoms with E-state index in [0.29, 0.717) is 11.3 Å². The molecule has 0 unspecified atom stereocenters. The van der Waals surface area contributed by atoms with Gasteiger partial charge in [-0.2, -0.15) is 0 Å². The number of halogens is 1. The molecule has 25 heavy (non-hydrogen) atoms. The number of carbonyl (C=O) groups is 3. The Labute approximate surface area is 144 Å². The van der Waals surface area contributed by atoms with Gasteiger partial charge in [-0.25, -0.2) is 4.39 Å². The highest BCUT2D eigenvalue weighted by atomic mass is 19.1. The van der Waals surface area contributed by atoms with Crippen molar-refractivity contribution in [2.75, 3.05) is 5.32 Å². The third-order valence-corrected chi connectivity index (χ3v) is 3.44. The summed E-state index contributed by atoms with van der Waals surface area (Å²) in [5.74, 6) is -1.83. The summed E-state index contributed by atoms with van der Waals surface area (Å²) < 4.78 is 17.8. The minimum Gasteiger partial charge on any atom is -0.453 e. The molecule has 0 saturated carbocycles. The van der Waals surface area contributed by atoms with Crippen molar-refractivity contribution in [3.8, 4) is 0 Å². The monoisotopic (exact) mass is 343 g/mol. The molecule has 1 atom stereocenters. The van der Waals surface area contributed by atoms with Crippen LogP contribution in [0.4, 0.5) is 10.1 Å². The minimum atomic E-state index is -0.978. The van der Waals surface area contributed by atoms with Crippen LogP contribution < -0.4 is 5.32 Å². The number of carbonyl (C=O) groups excluding carboxylic acids is 3. The highest BCUT2D eigenvalue weighted by Crippen LogP contribution is 2.10. The van der Waals surface area contributed by atoms with Crippen molar-refractivity contribution in [2.45, 2.75) is 25.9 Å². The Morgan fingerprint density at radius 2 is 1.64 bits per heavy atom. The van der Waals surface area contributed by atoms with Gasteiger partial charge in [0.05, 0.1) is 6.42 Å². The SMILES string of the molecule is C[C@H](OC(=O)CCC(=O)c1ccc(F)cc1)C(=O)Nc1ccccc1. The lowest BCUT2D eigenvalue weighted by molar-refractivity contribution is -0.153. The van der Waals surface area contributed by atoms with Crippen molar-refractivity contribution >= 4 is 23.3 Å². The fraction of sp³-hybridized carbons (Fsp3) is 0.211. The van der Waals surface area contributed by atoms with E-state index < -0.39 is 23.8 Å². The van der Waals surface area contributed by atoms with Gasteiger partial charge in [-0.3, -0.25) is 14.4 Å². The average Bonchev–Trinajstić information content (AvgIpc) is 2.61. The normalized spacial score (nSPS) is 11.4. The Morgan fingerprint density at radius 1 is 1.00 bits per heavy atom. The Balaban J connectivity index is 1.78. The molecular formula is C19H18FNO4. The molecule has 0 aliphatic heterocycles. The maximum atomic E-state index is 12.8. The third kappa shape index (κ3) is 5.84. The molecule has 5 nitrogen and oxygen atoms in total. The largest absolute Gasteiger partial charge is 0.453 e. The van der Waals surface area contributed by atoms with E-state index in [1.54, 1.807) is 24.3 Å². The quantitative estimate of drug-likeness (QED) is 0.618. The molecule has 2 aromatic rings. The van der Waals surface area contributed by atoms with Gasteiger partial charge in [0.15, 0.2) is 11.9 Å². The van der Waals surface area contributed by atoms with Crippen LogP contribution in [0.2, 0.25) is 0 Å². The zero-order valence-electron chi connectivity index (χ0n) is 13.7. The first-order valence-electron chi connectivity index (χ1n) is 7.80. The van der Waals surface area contributed by atoms with Crippen molar-refractivity contribution < 1.29 is 23.5 Å². The molecule has 6 heteroatoms. The highest BCUT2D eigenvalue weighted by molar-refractivity contribution is 5.98. The molecule has 1 amide bonds. The molecule has 0 aliphatic rings. The summed E-state index contributed by atoms with van der Waals surface area (Å²) in [6, 6.07) is 13.9. The Morgan fingerprint density at radius 3 is 2.28 bits per heavy atom. The van der Waals surface area contributed by atoms with Crippen LogP contribution in [0, 0.1) is 5.82 Å². The Hall–Kier alpha value is -3.02. The van der Waals surface area contributed by atoms with E-state index in [-0.39, 0.29) is 18.6 Å². The van der Waals surface area contributed by atoms with Gasteiger partial charge in [-0.15, -0.1) is 0 Å². The zero-order valence-corrected chi connectivity index (χ0v) is 13.7. The number of anilines is 1. The van der Waals surface area contributed by atoms with Crippen LogP contribution in [-0.4, -0.2) is 23.8 Å². The maximum absolute atomic E-state index is 12.8. The van der Waals surface area contributed by atoms with Crippen molar-refractivity contribution in [1.29, 1.82) is 0 Å². The number of rotatable bonds is 7. The fourth-order valence-electron chi connectivity index (χ4n) is 2.07. The maximum Gasteiger partial charge on any atom is 0.307 e. The fourth-order valence-corrected chi connectivity index (χ4v) is 2.07. The number of Topliss-reactive ketones (excluding diaryl/α,β-unsaturated/α-hetero) is 1. The topological polar surface area (TPSA) is 72.5 Å². The first-order valence-corrected chi connectivity index (χ1v) is 7.80. The number of ether oxygens (including phenoxy) is 1. The summed E-state index contributed by atoms with van der Waals surface area (Å²) in [7, 11) is 0. The molecular weight excluding hydrogens is 325 g/mol. The summed E-state index contributed by atoms with van der Waals surface area (Å²) in [6.07, 6.45) is -1.20. The molecule has 130 valence electrons. The lowest BCUT2D eigenvalue weighted by atomic mass is 10.1. The number of nitrogens with one attached hydrogen (secondary N) is 1. The minimum absolute atomic E-state index is 0.0719. The van der Waals surface area contributed by atoms with Crippen LogP contribution in [0.5, 0.6) is 0 Å². The molecule has 2 rings (SSSR count). The summed E-state index contributed by atoms with van der Waals surface area (Å²) in [4.78, 5) is 35.6. The molecule has 0 radical (unpaired) electrons. The zero-order chi connectivity index (χ0) is 18.2. The predicted molar refractivity (Wildman–Crippen MR) is 90.6 cm³/mol. The van der Waals surface area contributed by atoms with Gasteiger partial charge in [0.2, 0.25) is 0 Å². The van der Waals surface area contributed by atoms with Crippen molar-refractivity contribution in [3.05, 3.63) is 66.0 Å². The second-order valence-corrected chi connectivity index (χ2v) is 5.42. The van der Waals surface area contributed by atoms with Gasteiger partial charge in [0.1, 0.15) is 5.82 Å². The number of hydrogen-bond acceptors (Lipinski definition) is 4.